The lowest BCUT2D eigenvalue weighted by atomic mass is 10.2. The molecule has 1 saturated heterocycles. The highest BCUT2D eigenvalue weighted by atomic mass is 32.2. The van der Waals surface area contributed by atoms with E-state index in [9.17, 15) is 0 Å². The second-order valence-corrected chi connectivity index (χ2v) is 6.23. The Labute approximate surface area is 99.4 Å². The minimum absolute atomic E-state index is 0.840. The van der Waals surface area contributed by atoms with Crippen LogP contribution in [0, 0.1) is 0 Å². The van der Waals surface area contributed by atoms with Crippen molar-refractivity contribution in [1.29, 1.82) is 0 Å². The van der Waals surface area contributed by atoms with Crippen LogP contribution in [0.1, 0.15) is 17.7 Å². The first kappa shape index (κ1) is 11.3. The predicted octanol–water partition coefficient (Wildman–Crippen LogP) is 2.74. The van der Waals surface area contributed by atoms with Gasteiger partial charge in [-0.05, 0) is 30.7 Å². The Kier molecular flexibility index (Phi) is 4.35. The molecule has 1 aliphatic heterocycles. The van der Waals surface area contributed by atoms with Gasteiger partial charge in [-0.1, -0.05) is 0 Å². The molecule has 0 aliphatic carbocycles. The van der Waals surface area contributed by atoms with E-state index in [0.29, 0.717) is 0 Å². The third-order valence-corrected chi connectivity index (χ3v) is 4.98. The lowest BCUT2D eigenvalue weighted by molar-refractivity contribution is 0.427. The van der Waals surface area contributed by atoms with Crippen LogP contribution in [-0.4, -0.2) is 24.7 Å². The minimum Gasteiger partial charge on any atom is -0.487 e. The number of nitrogens with one attached hydrogen (secondary N) is 1. The first-order valence-corrected chi connectivity index (χ1v) is 7.20. The summed E-state index contributed by atoms with van der Waals surface area (Å²) < 4.78 is 5.16. The van der Waals surface area contributed by atoms with Crippen LogP contribution in [0.4, 0.5) is 0 Å². The summed E-state index contributed by atoms with van der Waals surface area (Å²) in [5.41, 5.74) is 0. The SMILES string of the molecule is COc1ccc(CNCC2CCCS2)s1. The van der Waals surface area contributed by atoms with Gasteiger partial charge in [0.05, 0.1) is 7.11 Å². The van der Waals surface area contributed by atoms with E-state index in [0.717, 1.165) is 23.4 Å². The largest absolute Gasteiger partial charge is 0.487 e. The third kappa shape index (κ3) is 3.40. The Morgan fingerprint density at radius 2 is 2.47 bits per heavy atom. The molecule has 0 radical (unpaired) electrons. The van der Waals surface area contributed by atoms with E-state index in [-0.39, 0.29) is 0 Å². The van der Waals surface area contributed by atoms with Gasteiger partial charge in [-0.2, -0.15) is 11.8 Å². The van der Waals surface area contributed by atoms with Crippen molar-refractivity contribution in [2.24, 2.45) is 0 Å². The van der Waals surface area contributed by atoms with Gasteiger partial charge in [0.25, 0.3) is 0 Å². The van der Waals surface area contributed by atoms with Crippen molar-refractivity contribution < 1.29 is 4.74 Å². The Morgan fingerprint density at radius 3 is 3.13 bits per heavy atom. The Balaban J connectivity index is 1.68. The van der Waals surface area contributed by atoms with Crippen molar-refractivity contribution in [3.05, 3.63) is 17.0 Å². The minimum atomic E-state index is 0.840. The molecule has 2 nitrogen and oxygen atoms in total. The highest BCUT2D eigenvalue weighted by molar-refractivity contribution is 8.00. The van der Waals surface area contributed by atoms with E-state index < -0.39 is 0 Å². The van der Waals surface area contributed by atoms with Gasteiger partial charge in [0.2, 0.25) is 0 Å². The molecule has 84 valence electrons. The fraction of sp³-hybridized carbons (Fsp3) is 0.636. The summed E-state index contributed by atoms with van der Waals surface area (Å²) in [6, 6.07) is 4.17. The molecule has 2 heterocycles. The molecule has 1 atom stereocenters. The quantitative estimate of drug-likeness (QED) is 0.859. The summed E-state index contributed by atoms with van der Waals surface area (Å²) >= 11 is 3.83. The van der Waals surface area contributed by atoms with Crippen LogP contribution in [0.25, 0.3) is 0 Å². The molecule has 1 unspecified atom stereocenters. The summed E-state index contributed by atoms with van der Waals surface area (Å²) in [7, 11) is 1.72. The molecule has 0 amide bonds. The normalized spacial score (nSPS) is 20.7. The lowest BCUT2D eigenvalue weighted by Crippen LogP contribution is -2.22. The molecule has 1 aromatic heterocycles. The van der Waals surface area contributed by atoms with Gasteiger partial charge in [-0.15, -0.1) is 11.3 Å². The smallest absolute Gasteiger partial charge is 0.173 e. The highest BCUT2D eigenvalue weighted by Gasteiger charge is 2.14. The zero-order chi connectivity index (χ0) is 10.5. The van der Waals surface area contributed by atoms with Crippen LogP contribution in [0.3, 0.4) is 0 Å². The first-order valence-electron chi connectivity index (χ1n) is 5.33. The maximum atomic E-state index is 5.16. The zero-order valence-corrected chi connectivity index (χ0v) is 10.6. The number of hydrogen-bond acceptors (Lipinski definition) is 4. The van der Waals surface area contributed by atoms with E-state index in [1.54, 1.807) is 18.4 Å². The molecular weight excluding hydrogens is 226 g/mol. The standard InChI is InChI=1S/C11H17NOS2/c1-13-11-5-4-10(15-11)8-12-7-9-3-2-6-14-9/h4-5,9,12H,2-3,6-8H2,1H3. The maximum Gasteiger partial charge on any atom is 0.173 e. The lowest BCUT2D eigenvalue weighted by Gasteiger charge is -2.08. The van der Waals surface area contributed by atoms with Crippen molar-refractivity contribution in [3.8, 4) is 5.06 Å². The monoisotopic (exact) mass is 243 g/mol. The molecule has 1 fully saturated rings. The molecule has 4 heteroatoms. The van der Waals surface area contributed by atoms with Gasteiger partial charge in [0.15, 0.2) is 5.06 Å². The van der Waals surface area contributed by atoms with E-state index in [2.05, 4.69) is 23.1 Å². The number of rotatable bonds is 5. The Morgan fingerprint density at radius 1 is 1.53 bits per heavy atom. The second kappa shape index (κ2) is 5.77. The van der Waals surface area contributed by atoms with E-state index in [1.165, 1.54) is 23.5 Å². The number of ether oxygens (including phenoxy) is 1. The van der Waals surface area contributed by atoms with Gasteiger partial charge in [-0.3, -0.25) is 0 Å². The molecular formula is C11H17NOS2. The van der Waals surface area contributed by atoms with Crippen LogP contribution in [0.2, 0.25) is 0 Å². The zero-order valence-electron chi connectivity index (χ0n) is 8.99. The fourth-order valence-corrected chi connectivity index (χ4v) is 3.75. The second-order valence-electron chi connectivity index (χ2n) is 3.69. The van der Waals surface area contributed by atoms with E-state index in [1.807, 2.05) is 6.07 Å². The van der Waals surface area contributed by atoms with Crippen molar-refractivity contribution in [2.45, 2.75) is 24.6 Å². The van der Waals surface area contributed by atoms with Crippen molar-refractivity contribution in [3.63, 3.8) is 0 Å². The van der Waals surface area contributed by atoms with Crippen molar-refractivity contribution in [2.75, 3.05) is 19.4 Å². The fourth-order valence-electron chi connectivity index (χ4n) is 1.72. The average molecular weight is 243 g/mol. The molecule has 2 rings (SSSR count). The topological polar surface area (TPSA) is 21.3 Å². The van der Waals surface area contributed by atoms with Crippen LogP contribution in [0.15, 0.2) is 12.1 Å². The maximum absolute atomic E-state index is 5.16. The van der Waals surface area contributed by atoms with E-state index >= 15 is 0 Å². The Bertz CT molecular complexity index is 295. The van der Waals surface area contributed by atoms with Crippen LogP contribution in [-0.2, 0) is 6.54 Å². The van der Waals surface area contributed by atoms with Gasteiger partial charge < -0.3 is 10.1 Å². The molecule has 1 aliphatic rings. The predicted molar refractivity (Wildman–Crippen MR) is 68.1 cm³/mol. The molecule has 15 heavy (non-hydrogen) atoms. The van der Waals surface area contributed by atoms with Crippen LogP contribution in [0.5, 0.6) is 5.06 Å². The number of hydrogen-bond donors (Lipinski definition) is 1. The summed E-state index contributed by atoms with van der Waals surface area (Å²) in [5.74, 6) is 1.35. The molecule has 0 spiro atoms. The number of thioether (sulfide) groups is 1. The van der Waals surface area contributed by atoms with Gasteiger partial charge >= 0.3 is 0 Å². The van der Waals surface area contributed by atoms with Gasteiger partial charge in [-0.25, -0.2) is 0 Å². The number of methoxy groups -OCH3 is 1. The summed E-state index contributed by atoms with van der Waals surface area (Å²) in [5, 5.41) is 5.36. The molecule has 1 aromatic rings. The summed E-state index contributed by atoms with van der Waals surface area (Å²) in [6.45, 7) is 2.12. The molecule has 0 bridgehead atoms. The summed E-state index contributed by atoms with van der Waals surface area (Å²) in [4.78, 5) is 1.36. The molecule has 0 saturated carbocycles. The summed E-state index contributed by atoms with van der Waals surface area (Å²) in [6.07, 6.45) is 2.77. The van der Waals surface area contributed by atoms with E-state index in [4.69, 9.17) is 4.74 Å². The third-order valence-electron chi connectivity index (χ3n) is 2.53. The van der Waals surface area contributed by atoms with Crippen molar-refractivity contribution in [1.82, 2.24) is 5.32 Å². The first-order chi connectivity index (χ1) is 7.38. The van der Waals surface area contributed by atoms with Gasteiger partial charge in [0.1, 0.15) is 0 Å². The number of thiophene rings is 1. The molecule has 0 aromatic carbocycles. The van der Waals surface area contributed by atoms with Crippen LogP contribution >= 0.6 is 23.1 Å². The Hall–Kier alpha value is -0.190. The molecule has 1 N–H and O–H groups in total. The highest BCUT2D eigenvalue weighted by Crippen LogP contribution is 2.26. The van der Waals surface area contributed by atoms with Gasteiger partial charge in [0, 0.05) is 23.2 Å². The van der Waals surface area contributed by atoms with Crippen molar-refractivity contribution >= 4 is 23.1 Å². The average Bonchev–Trinajstić information content (AvgIpc) is 2.88. The van der Waals surface area contributed by atoms with Crippen LogP contribution < -0.4 is 10.1 Å².